The predicted octanol–water partition coefficient (Wildman–Crippen LogP) is 1.14. The Kier molecular flexibility index (Phi) is 1.93. The van der Waals surface area contributed by atoms with Gasteiger partial charge in [-0.2, -0.15) is 0 Å². The number of hydrogen-bond acceptors (Lipinski definition) is 2. The van der Waals surface area contributed by atoms with Crippen molar-refractivity contribution in [1.82, 2.24) is 0 Å². The summed E-state index contributed by atoms with van der Waals surface area (Å²) in [5.74, 6) is -0.366. The van der Waals surface area contributed by atoms with Crippen LogP contribution in [0.4, 0.5) is 5.69 Å². The van der Waals surface area contributed by atoms with Gasteiger partial charge in [0.15, 0.2) is 0 Å². The van der Waals surface area contributed by atoms with Crippen molar-refractivity contribution in [2.45, 2.75) is 12.8 Å². The summed E-state index contributed by atoms with van der Waals surface area (Å²) in [5.41, 5.74) is 8.09. The topological polar surface area (TPSA) is 55.1 Å². The van der Waals surface area contributed by atoms with Crippen LogP contribution < -0.4 is 11.1 Å². The molecule has 13 heavy (non-hydrogen) atoms. The fraction of sp³-hybridized carbons (Fsp3) is 0.300. The van der Waals surface area contributed by atoms with Gasteiger partial charge in [-0.05, 0) is 30.5 Å². The minimum atomic E-state index is -0.366. The highest BCUT2D eigenvalue weighted by molar-refractivity contribution is 5.94. The maximum atomic E-state index is 10.9. The average molecular weight is 176 g/mol. The molecule has 3 N–H and O–H groups in total. The standard InChI is InChI=1S/C10H12N2O/c11-10(13)8-4-3-7-2-1-5-12-9(7)6-8/h3-4,6,12H,1-2,5H2,(H2,11,13). The van der Waals surface area contributed by atoms with Crippen molar-refractivity contribution in [3.05, 3.63) is 29.3 Å². The molecule has 0 fully saturated rings. The smallest absolute Gasteiger partial charge is 0.248 e. The zero-order valence-electron chi connectivity index (χ0n) is 7.34. The van der Waals surface area contributed by atoms with E-state index in [1.54, 1.807) is 6.07 Å². The Morgan fingerprint density at radius 2 is 2.31 bits per heavy atom. The summed E-state index contributed by atoms with van der Waals surface area (Å²) in [4.78, 5) is 10.9. The van der Waals surface area contributed by atoms with Crippen LogP contribution in [0.15, 0.2) is 18.2 Å². The summed E-state index contributed by atoms with van der Waals surface area (Å²) in [6.45, 7) is 0.981. The van der Waals surface area contributed by atoms with Gasteiger partial charge in [-0.25, -0.2) is 0 Å². The molecule has 3 heteroatoms. The minimum Gasteiger partial charge on any atom is -0.385 e. The first kappa shape index (κ1) is 8.10. The summed E-state index contributed by atoms with van der Waals surface area (Å²) < 4.78 is 0. The molecule has 0 atom stereocenters. The van der Waals surface area contributed by atoms with Gasteiger partial charge in [0.2, 0.25) is 5.91 Å². The monoisotopic (exact) mass is 176 g/mol. The molecule has 0 saturated carbocycles. The van der Waals surface area contributed by atoms with Crippen LogP contribution in [0.1, 0.15) is 22.3 Å². The highest BCUT2D eigenvalue weighted by Crippen LogP contribution is 2.22. The van der Waals surface area contributed by atoms with E-state index in [0.29, 0.717) is 5.56 Å². The van der Waals surface area contributed by atoms with Crippen LogP contribution >= 0.6 is 0 Å². The van der Waals surface area contributed by atoms with Crippen molar-refractivity contribution in [2.24, 2.45) is 5.73 Å². The lowest BCUT2D eigenvalue weighted by Crippen LogP contribution is -2.15. The molecule has 1 aliphatic heterocycles. The summed E-state index contributed by atoms with van der Waals surface area (Å²) >= 11 is 0. The number of carbonyl (C=O) groups excluding carboxylic acids is 1. The maximum Gasteiger partial charge on any atom is 0.248 e. The van der Waals surface area contributed by atoms with Gasteiger partial charge in [0, 0.05) is 17.8 Å². The first-order valence-corrected chi connectivity index (χ1v) is 4.44. The zero-order chi connectivity index (χ0) is 9.26. The molecular weight excluding hydrogens is 164 g/mol. The van der Waals surface area contributed by atoms with Gasteiger partial charge >= 0.3 is 0 Å². The van der Waals surface area contributed by atoms with Gasteiger partial charge in [-0.3, -0.25) is 4.79 Å². The summed E-state index contributed by atoms with van der Waals surface area (Å²) in [6.07, 6.45) is 2.24. The molecule has 1 aromatic carbocycles. The Bertz CT molecular complexity index is 347. The second kappa shape index (κ2) is 3.09. The third-order valence-electron chi connectivity index (χ3n) is 2.33. The highest BCUT2D eigenvalue weighted by Gasteiger charge is 2.10. The molecule has 0 bridgehead atoms. The van der Waals surface area contributed by atoms with Crippen molar-refractivity contribution in [2.75, 3.05) is 11.9 Å². The third kappa shape index (κ3) is 1.49. The van der Waals surface area contributed by atoms with Crippen LogP contribution in [0.3, 0.4) is 0 Å². The molecule has 68 valence electrons. The van der Waals surface area contributed by atoms with E-state index in [9.17, 15) is 4.79 Å². The molecule has 0 aromatic heterocycles. The van der Waals surface area contributed by atoms with Gasteiger partial charge in [-0.15, -0.1) is 0 Å². The third-order valence-corrected chi connectivity index (χ3v) is 2.33. The SMILES string of the molecule is NC(=O)c1ccc2c(c1)NCCC2. The van der Waals surface area contributed by atoms with Crippen molar-refractivity contribution in [3.8, 4) is 0 Å². The summed E-state index contributed by atoms with van der Waals surface area (Å²) in [5, 5.41) is 3.25. The number of carbonyl (C=O) groups is 1. The molecule has 0 radical (unpaired) electrons. The Morgan fingerprint density at radius 3 is 3.08 bits per heavy atom. The van der Waals surface area contributed by atoms with Crippen molar-refractivity contribution < 1.29 is 4.79 Å². The minimum absolute atomic E-state index is 0.366. The highest BCUT2D eigenvalue weighted by atomic mass is 16.1. The van der Waals surface area contributed by atoms with E-state index in [4.69, 9.17) is 5.73 Å². The second-order valence-electron chi connectivity index (χ2n) is 3.27. The molecular formula is C10H12N2O. The van der Waals surface area contributed by atoms with Crippen LogP contribution in [0.5, 0.6) is 0 Å². The van der Waals surface area contributed by atoms with Crippen LogP contribution in [0.25, 0.3) is 0 Å². The van der Waals surface area contributed by atoms with Crippen LogP contribution in [0.2, 0.25) is 0 Å². The number of rotatable bonds is 1. The number of primary amides is 1. The molecule has 0 spiro atoms. The van der Waals surface area contributed by atoms with Gasteiger partial charge in [0.1, 0.15) is 0 Å². The zero-order valence-corrected chi connectivity index (χ0v) is 7.34. The average Bonchev–Trinajstić information content (AvgIpc) is 2.17. The fourth-order valence-corrected chi connectivity index (χ4v) is 1.61. The number of hydrogen-bond donors (Lipinski definition) is 2. The van der Waals surface area contributed by atoms with Gasteiger partial charge in [-0.1, -0.05) is 6.07 Å². The lowest BCUT2D eigenvalue weighted by Gasteiger charge is -2.17. The number of fused-ring (bicyclic) bond motifs is 1. The van der Waals surface area contributed by atoms with E-state index in [2.05, 4.69) is 5.32 Å². The number of anilines is 1. The van der Waals surface area contributed by atoms with E-state index < -0.39 is 0 Å². The van der Waals surface area contributed by atoms with Crippen molar-refractivity contribution in [3.63, 3.8) is 0 Å². The van der Waals surface area contributed by atoms with E-state index >= 15 is 0 Å². The summed E-state index contributed by atoms with van der Waals surface area (Å²) in [6, 6.07) is 5.59. The first-order valence-electron chi connectivity index (χ1n) is 4.44. The molecule has 0 aliphatic carbocycles. The number of amides is 1. The van der Waals surface area contributed by atoms with E-state index in [0.717, 1.165) is 25.1 Å². The van der Waals surface area contributed by atoms with Crippen molar-refractivity contribution in [1.29, 1.82) is 0 Å². The van der Waals surface area contributed by atoms with Gasteiger partial charge in [0.05, 0.1) is 0 Å². The quantitative estimate of drug-likeness (QED) is 0.674. The van der Waals surface area contributed by atoms with E-state index in [-0.39, 0.29) is 5.91 Å². The van der Waals surface area contributed by atoms with Crippen LogP contribution in [-0.4, -0.2) is 12.5 Å². The lowest BCUT2D eigenvalue weighted by molar-refractivity contribution is 0.100. The predicted molar refractivity (Wildman–Crippen MR) is 51.8 cm³/mol. The molecule has 0 unspecified atom stereocenters. The van der Waals surface area contributed by atoms with Crippen LogP contribution in [0, 0.1) is 0 Å². The Balaban J connectivity index is 2.40. The Hall–Kier alpha value is -1.51. The fourth-order valence-electron chi connectivity index (χ4n) is 1.61. The van der Waals surface area contributed by atoms with Gasteiger partial charge < -0.3 is 11.1 Å². The molecule has 1 heterocycles. The van der Waals surface area contributed by atoms with Crippen molar-refractivity contribution >= 4 is 11.6 Å². The normalized spacial score (nSPS) is 14.5. The first-order chi connectivity index (χ1) is 6.27. The molecule has 1 amide bonds. The Labute approximate surface area is 76.9 Å². The summed E-state index contributed by atoms with van der Waals surface area (Å²) in [7, 11) is 0. The number of aryl methyl sites for hydroxylation is 1. The lowest BCUT2D eigenvalue weighted by atomic mass is 10.0. The maximum absolute atomic E-state index is 10.9. The molecule has 1 aromatic rings. The molecule has 2 rings (SSSR count). The second-order valence-corrected chi connectivity index (χ2v) is 3.27. The Morgan fingerprint density at radius 1 is 1.46 bits per heavy atom. The molecule has 3 nitrogen and oxygen atoms in total. The van der Waals surface area contributed by atoms with E-state index in [1.165, 1.54) is 5.56 Å². The number of nitrogens with one attached hydrogen (secondary N) is 1. The number of nitrogens with two attached hydrogens (primary N) is 1. The largest absolute Gasteiger partial charge is 0.385 e. The van der Waals surface area contributed by atoms with Crippen LogP contribution in [-0.2, 0) is 6.42 Å². The van der Waals surface area contributed by atoms with Gasteiger partial charge in [0.25, 0.3) is 0 Å². The molecule has 0 saturated heterocycles. The molecule has 1 aliphatic rings. The number of benzene rings is 1. The van der Waals surface area contributed by atoms with E-state index in [1.807, 2.05) is 12.1 Å².